The average molecular weight is 362 g/mol. The molecule has 1 heterocycles. The third kappa shape index (κ3) is 4.15. The van der Waals surface area contributed by atoms with Crippen molar-refractivity contribution in [2.45, 2.75) is 6.23 Å². The molecule has 0 spiro atoms. The second-order valence-electron chi connectivity index (χ2n) is 5.73. The summed E-state index contributed by atoms with van der Waals surface area (Å²) < 4.78 is 10.8. The van der Waals surface area contributed by atoms with Gasteiger partial charge in [0.25, 0.3) is 0 Å². The molecule has 25 heavy (non-hydrogen) atoms. The highest BCUT2D eigenvalue weighted by molar-refractivity contribution is 6.31. The highest BCUT2D eigenvalue weighted by atomic mass is 35.5. The monoisotopic (exact) mass is 361 g/mol. The summed E-state index contributed by atoms with van der Waals surface area (Å²) in [5, 5.41) is 3.85. The minimum atomic E-state index is -0.353. The van der Waals surface area contributed by atoms with E-state index in [0.717, 1.165) is 18.8 Å². The fraction of sp³-hybridized carbons (Fsp3) is 0.278. The van der Waals surface area contributed by atoms with E-state index in [1.165, 1.54) is 7.11 Å². The number of hydrogen-bond donors (Lipinski definition) is 2. The van der Waals surface area contributed by atoms with Gasteiger partial charge in [0, 0.05) is 35.6 Å². The molecule has 1 fully saturated rings. The summed E-state index contributed by atoms with van der Waals surface area (Å²) in [4.78, 5) is 13.7. The Labute approximate surface area is 151 Å². The van der Waals surface area contributed by atoms with Crippen molar-refractivity contribution in [3.05, 3.63) is 53.1 Å². The number of methoxy groups -OCH3 is 1. The van der Waals surface area contributed by atoms with Crippen LogP contribution >= 0.6 is 11.6 Å². The Morgan fingerprint density at radius 1 is 1.28 bits per heavy atom. The second kappa shape index (κ2) is 7.63. The fourth-order valence-electron chi connectivity index (χ4n) is 2.80. The molecule has 3 rings (SSSR count). The molecule has 1 saturated heterocycles. The Balaban J connectivity index is 1.79. The molecule has 2 aromatic carbocycles. The Morgan fingerprint density at radius 2 is 2.04 bits per heavy atom. The van der Waals surface area contributed by atoms with E-state index >= 15 is 0 Å². The summed E-state index contributed by atoms with van der Waals surface area (Å²) in [5.74, 6) is 0.268. The van der Waals surface area contributed by atoms with Crippen LogP contribution in [0.25, 0.3) is 0 Å². The summed E-state index contributed by atoms with van der Waals surface area (Å²) in [6.45, 7) is 2.28. The summed E-state index contributed by atoms with van der Waals surface area (Å²) >= 11 is 6.05. The largest absolute Gasteiger partial charge is 0.469 e. The molecular weight excluding hydrogens is 342 g/mol. The zero-order valence-corrected chi connectivity index (χ0v) is 14.6. The van der Waals surface area contributed by atoms with Gasteiger partial charge < -0.3 is 25.4 Å². The van der Waals surface area contributed by atoms with E-state index < -0.39 is 0 Å². The van der Waals surface area contributed by atoms with Gasteiger partial charge in [-0.15, -0.1) is 0 Å². The molecule has 0 radical (unpaired) electrons. The quantitative estimate of drug-likeness (QED) is 0.643. The first-order valence-electron chi connectivity index (χ1n) is 7.95. The summed E-state index contributed by atoms with van der Waals surface area (Å²) in [6.07, 6.45) is -0.212. The maximum absolute atomic E-state index is 11.6. The van der Waals surface area contributed by atoms with E-state index in [9.17, 15) is 4.79 Å². The number of nitrogens with one attached hydrogen (secondary N) is 1. The minimum absolute atomic E-state index is 0.212. The summed E-state index contributed by atoms with van der Waals surface area (Å²) in [7, 11) is 1.37. The van der Waals surface area contributed by atoms with Gasteiger partial charge in [0.15, 0.2) is 6.23 Å². The molecule has 3 N–H and O–H groups in total. The highest BCUT2D eigenvalue weighted by Crippen LogP contribution is 2.26. The maximum atomic E-state index is 11.6. The van der Waals surface area contributed by atoms with Crippen LogP contribution in [0.5, 0.6) is 5.75 Å². The molecular formula is C18H20ClN3O3. The molecule has 2 aromatic rings. The Kier molecular flexibility index (Phi) is 5.31. The average Bonchev–Trinajstić information content (AvgIpc) is 2.61. The van der Waals surface area contributed by atoms with Gasteiger partial charge in [0.1, 0.15) is 5.75 Å². The number of nitrogens with zero attached hydrogens (tertiary/aromatic N) is 1. The van der Waals surface area contributed by atoms with Crippen LogP contribution in [-0.4, -0.2) is 38.9 Å². The molecule has 0 amide bonds. The minimum Gasteiger partial charge on any atom is -0.469 e. The molecule has 0 aliphatic carbocycles. The number of benzene rings is 2. The lowest BCUT2D eigenvalue weighted by Crippen LogP contribution is -2.54. The number of esters is 1. The topological polar surface area (TPSA) is 76.8 Å². The second-order valence-corrected chi connectivity index (χ2v) is 6.17. The number of hydrogen-bond acceptors (Lipinski definition) is 6. The molecule has 1 aliphatic rings. The molecule has 7 heteroatoms. The van der Waals surface area contributed by atoms with Crippen molar-refractivity contribution in [2.24, 2.45) is 0 Å². The summed E-state index contributed by atoms with van der Waals surface area (Å²) in [6, 6.07) is 12.4. The Morgan fingerprint density at radius 3 is 2.72 bits per heavy atom. The lowest BCUT2D eigenvalue weighted by atomic mass is 10.1. The van der Waals surface area contributed by atoms with Gasteiger partial charge in [-0.1, -0.05) is 11.6 Å². The number of halogens is 1. The molecule has 0 saturated carbocycles. The molecule has 6 nitrogen and oxygen atoms in total. The molecule has 132 valence electrons. The summed E-state index contributed by atoms with van der Waals surface area (Å²) in [5.41, 5.74) is 7.87. The van der Waals surface area contributed by atoms with Crippen LogP contribution in [0.3, 0.4) is 0 Å². The van der Waals surface area contributed by atoms with Crippen LogP contribution in [0.1, 0.15) is 10.4 Å². The van der Waals surface area contributed by atoms with Crippen molar-refractivity contribution in [3.63, 3.8) is 0 Å². The number of ether oxygens (including phenoxy) is 2. The van der Waals surface area contributed by atoms with Crippen LogP contribution < -0.4 is 20.7 Å². The third-order valence-electron chi connectivity index (χ3n) is 3.98. The van der Waals surface area contributed by atoms with Gasteiger partial charge >= 0.3 is 5.97 Å². The zero-order chi connectivity index (χ0) is 17.8. The van der Waals surface area contributed by atoms with Crippen molar-refractivity contribution in [1.29, 1.82) is 0 Å². The molecule has 1 aliphatic heterocycles. The van der Waals surface area contributed by atoms with Crippen molar-refractivity contribution in [3.8, 4) is 5.75 Å². The van der Waals surface area contributed by atoms with E-state index in [4.69, 9.17) is 26.8 Å². The Hall–Kier alpha value is -2.44. The molecule has 1 atom stereocenters. The SMILES string of the molecule is COC(=O)c1ccc(N2CCNCC2Oc2cc(N)cc(Cl)c2)cc1. The predicted molar refractivity (Wildman–Crippen MR) is 98.3 cm³/mol. The number of nitrogen functional groups attached to an aromatic ring is 1. The third-order valence-corrected chi connectivity index (χ3v) is 4.20. The highest BCUT2D eigenvalue weighted by Gasteiger charge is 2.24. The lowest BCUT2D eigenvalue weighted by molar-refractivity contribution is 0.0601. The van der Waals surface area contributed by atoms with Crippen LogP contribution in [0.4, 0.5) is 11.4 Å². The number of piperazine rings is 1. The first-order valence-corrected chi connectivity index (χ1v) is 8.33. The smallest absolute Gasteiger partial charge is 0.337 e. The Bertz CT molecular complexity index is 731. The van der Waals surface area contributed by atoms with Crippen molar-refractivity contribution >= 4 is 28.9 Å². The number of rotatable bonds is 4. The van der Waals surface area contributed by atoms with Crippen molar-refractivity contribution in [2.75, 3.05) is 37.4 Å². The normalized spacial score (nSPS) is 17.2. The maximum Gasteiger partial charge on any atom is 0.337 e. The van der Waals surface area contributed by atoms with E-state index in [1.807, 2.05) is 12.1 Å². The molecule has 0 bridgehead atoms. The van der Waals surface area contributed by atoms with E-state index in [2.05, 4.69) is 10.2 Å². The molecule has 0 aromatic heterocycles. The van der Waals surface area contributed by atoms with E-state index in [-0.39, 0.29) is 12.2 Å². The fourth-order valence-corrected chi connectivity index (χ4v) is 3.03. The van der Waals surface area contributed by atoms with Gasteiger partial charge in [-0.3, -0.25) is 0 Å². The van der Waals surface area contributed by atoms with Crippen molar-refractivity contribution < 1.29 is 14.3 Å². The molecule has 1 unspecified atom stereocenters. The van der Waals surface area contributed by atoms with Gasteiger partial charge in [-0.2, -0.15) is 0 Å². The first kappa shape index (κ1) is 17.4. The lowest BCUT2D eigenvalue weighted by Gasteiger charge is -2.37. The van der Waals surface area contributed by atoms with Gasteiger partial charge in [-0.05, 0) is 36.4 Å². The number of anilines is 2. The van der Waals surface area contributed by atoms with Crippen LogP contribution in [0.15, 0.2) is 42.5 Å². The van der Waals surface area contributed by atoms with Gasteiger partial charge in [0.05, 0.1) is 19.2 Å². The first-order chi connectivity index (χ1) is 12.1. The predicted octanol–water partition coefficient (Wildman–Crippen LogP) is 2.52. The van der Waals surface area contributed by atoms with E-state index in [0.29, 0.717) is 28.6 Å². The van der Waals surface area contributed by atoms with Gasteiger partial charge in [0.2, 0.25) is 0 Å². The van der Waals surface area contributed by atoms with Gasteiger partial charge in [-0.25, -0.2) is 4.79 Å². The number of nitrogens with two attached hydrogens (primary N) is 1. The number of carbonyl (C=O) groups excluding carboxylic acids is 1. The zero-order valence-electron chi connectivity index (χ0n) is 13.9. The standard InChI is InChI=1S/C18H20ClN3O3/c1-24-18(23)12-2-4-15(5-3-12)22-7-6-21-11-17(22)25-16-9-13(19)8-14(20)10-16/h2-5,8-10,17,21H,6-7,11,20H2,1H3. The van der Waals surface area contributed by atoms with Crippen LogP contribution in [-0.2, 0) is 4.74 Å². The van der Waals surface area contributed by atoms with Crippen LogP contribution in [0.2, 0.25) is 5.02 Å². The van der Waals surface area contributed by atoms with E-state index in [1.54, 1.807) is 30.3 Å². The number of carbonyl (C=O) groups is 1. The van der Waals surface area contributed by atoms with Crippen LogP contribution in [0, 0.1) is 0 Å². The van der Waals surface area contributed by atoms with Crippen molar-refractivity contribution in [1.82, 2.24) is 5.32 Å².